The molecule has 0 aromatic rings. The lowest BCUT2D eigenvalue weighted by molar-refractivity contribution is -0.140. The molecule has 1 fully saturated rings. The number of carbonyl (C=O) groups is 1. The molecule has 2 atom stereocenters. The third-order valence-electron chi connectivity index (χ3n) is 3.54. The Morgan fingerprint density at radius 1 is 1.50 bits per heavy atom. The quantitative estimate of drug-likeness (QED) is 0.724. The molecule has 18 heavy (non-hydrogen) atoms. The van der Waals surface area contributed by atoms with Crippen LogP contribution in [0.25, 0.3) is 0 Å². The summed E-state index contributed by atoms with van der Waals surface area (Å²) < 4.78 is 0. The van der Waals surface area contributed by atoms with Gasteiger partial charge in [-0.1, -0.05) is 6.92 Å². The van der Waals surface area contributed by atoms with E-state index in [4.69, 9.17) is 0 Å². The Bertz CT molecular complexity index is 261. The van der Waals surface area contributed by atoms with Gasteiger partial charge in [-0.25, -0.2) is 0 Å². The fourth-order valence-corrected chi connectivity index (χ4v) is 2.48. The number of nitrogens with zero attached hydrogens (tertiary/aromatic N) is 2. The van der Waals surface area contributed by atoms with Gasteiger partial charge < -0.3 is 15.3 Å². The molecule has 0 bridgehead atoms. The van der Waals surface area contributed by atoms with Crippen LogP contribution in [0.5, 0.6) is 0 Å². The third-order valence-corrected chi connectivity index (χ3v) is 3.54. The van der Waals surface area contributed by atoms with Gasteiger partial charge in [0.15, 0.2) is 0 Å². The van der Waals surface area contributed by atoms with Crippen molar-refractivity contribution in [1.82, 2.24) is 15.1 Å². The minimum atomic E-state index is -0.742. The SMILES string of the molecule is CCCNC(CN1CCCN(C)CC1C)C(=O)O. The molecule has 0 aromatic heterocycles. The Morgan fingerprint density at radius 3 is 2.83 bits per heavy atom. The minimum absolute atomic E-state index is 0.419. The summed E-state index contributed by atoms with van der Waals surface area (Å²) in [5, 5.41) is 12.4. The van der Waals surface area contributed by atoms with E-state index in [1.165, 1.54) is 0 Å². The number of carboxylic acid groups (broad SMARTS) is 1. The van der Waals surface area contributed by atoms with Crippen molar-refractivity contribution in [3.8, 4) is 0 Å². The fourth-order valence-electron chi connectivity index (χ4n) is 2.48. The summed E-state index contributed by atoms with van der Waals surface area (Å²) in [7, 11) is 2.13. The average Bonchev–Trinajstić information content (AvgIpc) is 2.45. The maximum absolute atomic E-state index is 11.2. The molecule has 1 aliphatic heterocycles. The lowest BCUT2D eigenvalue weighted by Gasteiger charge is -2.30. The van der Waals surface area contributed by atoms with Crippen LogP contribution in [0.4, 0.5) is 0 Å². The minimum Gasteiger partial charge on any atom is -0.480 e. The van der Waals surface area contributed by atoms with Gasteiger partial charge in [0.1, 0.15) is 6.04 Å². The molecule has 5 heteroatoms. The van der Waals surface area contributed by atoms with E-state index in [2.05, 4.69) is 36.0 Å². The first-order chi connectivity index (χ1) is 8.54. The first-order valence-corrected chi connectivity index (χ1v) is 6.93. The van der Waals surface area contributed by atoms with E-state index in [1.807, 2.05) is 0 Å². The van der Waals surface area contributed by atoms with Crippen LogP contribution in [-0.4, -0.2) is 72.7 Å². The van der Waals surface area contributed by atoms with Gasteiger partial charge in [-0.2, -0.15) is 0 Å². The second kappa shape index (κ2) is 7.71. The molecule has 0 radical (unpaired) electrons. The smallest absolute Gasteiger partial charge is 0.322 e. The third kappa shape index (κ3) is 4.92. The van der Waals surface area contributed by atoms with E-state index in [1.54, 1.807) is 0 Å². The van der Waals surface area contributed by atoms with Crippen molar-refractivity contribution in [3.63, 3.8) is 0 Å². The van der Waals surface area contributed by atoms with Crippen LogP contribution in [0.2, 0.25) is 0 Å². The highest BCUT2D eigenvalue weighted by Gasteiger charge is 2.25. The standard InChI is InChI=1S/C13H27N3O2/c1-4-6-14-12(13(17)18)10-16-8-5-7-15(3)9-11(16)2/h11-12,14H,4-10H2,1-3H3,(H,17,18). The second-order valence-corrected chi connectivity index (χ2v) is 5.30. The summed E-state index contributed by atoms with van der Waals surface area (Å²) in [5.41, 5.74) is 0. The van der Waals surface area contributed by atoms with Crippen molar-refractivity contribution >= 4 is 5.97 Å². The van der Waals surface area contributed by atoms with Crippen molar-refractivity contribution in [2.45, 2.75) is 38.8 Å². The molecule has 0 aromatic carbocycles. The van der Waals surface area contributed by atoms with Gasteiger partial charge in [0.2, 0.25) is 0 Å². The molecule has 1 heterocycles. The molecule has 0 saturated carbocycles. The predicted molar refractivity (Wildman–Crippen MR) is 72.9 cm³/mol. The van der Waals surface area contributed by atoms with E-state index in [9.17, 15) is 9.90 Å². The Hall–Kier alpha value is -0.650. The normalized spacial score (nSPS) is 24.7. The van der Waals surface area contributed by atoms with Gasteiger partial charge in [-0.15, -0.1) is 0 Å². The highest BCUT2D eigenvalue weighted by Crippen LogP contribution is 2.09. The highest BCUT2D eigenvalue weighted by molar-refractivity contribution is 5.73. The van der Waals surface area contributed by atoms with Gasteiger partial charge in [-0.3, -0.25) is 9.69 Å². The summed E-state index contributed by atoms with van der Waals surface area (Å²) in [6.07, 6.45) is 2.07. The number of rotatable bonds is 6. The maximum atomic E-state index is 11.2. The molecule has 2 unspecified atom stereocenters. The largest absolute Gasteiger partial charge is 0.480 e. The summed E-state index contributed by atoms with van der Waals surface area (Å²) in [4.78, 5) is 15.9. The van der Waals surface area contributed by atoms with Crippen LogP contribution in [0.1, 0.15) is 26.7 Å². The zero-order valence-electron chi connectivity index (χ0n) is 11.9. The van der Waals surface area contributed by atoms with Gasteiger partial charge >= 0.3 is 5.97 Å². The average molecular weight is 257 g/mol. The zero-order chi connectivity index (χ0) is 13.5. The summed E-state index contributed by atoms with van der Waals surface area (Å²) in [6.45, 7) is 8.70. The van der Waals surface area contributed by atoms with E-state index < -0.39 is 12.0 Å². The van der Waals surface area contributed by atoms with E-state index >= 15 is 0 Å². The van der Waals surface area contributed by atoms with Gasteiger partial charge in [0.25, 0.3) is 0 Å². The summed E-state index contributed by atoms with van der Waals surface area (Å²) in [5.74, 6) is -0.742. The van der Waals surface area contributed by atoms with Crippen LogP contribution in [0.15, 0.2) is 0 Å². The molecule has 1 aliphatic rings. The lowest BCUT2D eigenvalue weighted by atomic mass is 10.2. The number of carboxylic acids is 1. The monoisotopic (exact) mass is 257 g/mol. The second-order valence-electron chi connectivity index (χ2n) is 5.30. The van der Waals surface area contributed by atoms with Gasteiger partial charge in [0.05, 0.1) is 0 Å². The first-order valence-electron chi connectivity index (χ1n) is 6.93. The summed E-state index contributed by atoms with van der Waals surface area (Å²) >= 11 is 0. The maximum Gasteiger partial charge on any atom is 0.322 e. The molecule has 0 amide bonds. The molecule has 0 spiro atoms. The Kier molecular flexibility index (Phi) is 6.60. The zero-order valence-corrected chi connectivity index (χ0v) is 11.9. The Morgan fingerprint density at radius 2 is 2.22 bits per heavy atom. The molecule has 0 aliphatic carbocycles. The van der Waals surface area contributed by atoms with Crippen molar-refractivity contribution < 1.29 is 9.90 Å². The van der Waals surface area contributed by atoms with E-state index in [0.717, 1.165) is 39.0 Å². The van der Waals surface area contributed by atoms with Crippen molar-refractivity contribution in [2.24, 2.45) is 0 Å². The van der Waals surface area contributed by atoms with Crippen LogP contribution in [-0.2, 0) is 4.79 Å². The number of aliphatic carboxylic acids is 1. The van der Waals surface area contributed by atoms with Crippen LogP contribution >= 0.6 is 0 Å². The lowest BCUT2D eigenvalue weighted by Crippen LogP contribution is -2.50. The molecule has 1 saturated heterocycles. The highest BCUT2D eigenvalue weighted by atomic mass is 16.4. The molecule has 2 N–H and O–H groups in total. The Labute approximate surface area is 110 Å². The van der Waals surface area contributed by atoms with Crippen molar-refractivity contribution in [1.29, 1.82) is 0 Å². The molecule has 1 rings (SSSR count). The Balaban J connectivity index is 2.53. The fraction of sp³-hybridized carbons (Fsp3) is 0.923. The van der Waals surface area contributed by atoms with Crippen LogP contribution < -0.4 is 5.32 Å². The number of likely N-dealkylation sites (N-methyl/N-ethyl adjacent to an activating group) is 1. The summed E-state index contributed by atoms with van der Waals surface area (Å²) in [6, 6.07) is -0.0291. The van der Waals surface area contributed by atoms with E-state index in [0.29, 0.717) is 12.6 Å². The van der Waals surface area contributed by atoms with Crippen molar-refractivity contribution in [3.05, 3.63) is 0 Å². The van der Waals surface area contributed by atoms with Gasteiger partial charge in [-0.05, 0) is 46.4 Å². The molecular formula is C13H27N3O2. The number of hydrogen-bond acceptors (Lipinski definition) is 4. The molecular weight excluding hydrogens is 230 g/mol. The van der Waals surface area contributed by atoms with Gasteiger partial charge in [0, 0.05) is 19.1 Å². The van der Waals surface area contributed by atoms with E-state index in [-0.39, 0.29) is 0 Å². The van der Waals surface area contributed by atoms with Crippen molar-refractivity contribution in [2.75, 3.05) is 39.8 Å². The first kappa shape index (κ1) is 15.4. The topological polar surface area (TPSA) is 55.8 Å². The molecule has 106 valence electrons. The predicted octanol–water partition coefficient (Wildman–Crippen LogP) is 0.465. The van der Waals surface area contributed by atoms with Crippen LogP contribution in [0.3, 0.4) is 0 Å². The van der Waals surface area contributed by atoms with Crippen LogP contribution in [0, 0.1) is 0 Å². The number of hydrogen-bond donors (Lipinski definition) is 2. The molecule has 5 nitrogen and oxygen atoms in total. The number of nitrogens with one attached hydrogen (secondary N) is 1.